The van der Waals surface area contributed by atoms with Gasteiger partial charge in [-0.2, -0.15) is 0 Å². The van der Waals surface area contributed by atoms with E-state index in [1.807, 2.05) is 24.3 Å². The van der Waals surface area contributed by atoms with Crippen molar-refractivity contribution in [3.05, 3.63) is 35.4 Å². The SMILES string of the molecule is COC(=O)Cc1cccc(CC(=O)CN2CCCC2)c1. The van der Waals surface area contributed by atoms with Crippen molar-refractivity contribution in [1.82, 2.24) is 4.90 Å². The fraction of sp³-hybridized carbons (Fsp3) is 0.500. The molecule has 0 spiro atoms. The molecule has 0 amide bonds. The molecule has 1 aromatic rings. The number of methoxy groups -OCH3 is 1. The predicted molar refractivity (Wildman–Crippen MR) is 76.5 cm³/mol. The summed E-state index contributed by atoms with van der Waals surface area (Å²) in [5.41, 5.74) is 1.86. The summed E-state index contributed by atoms with van der Waals surface area (Å²) in [6, 6.07) is 7.61. The zero-order chi connectivity index (χ0) is 14.4. The highest BCUT2D eigenvalue weighted by atomic mass is 16.5. The second-order valence-corrected chi connectivity index (χ2v) is 5.27. The Balaban J connectivity index is 1.89. The third-order valence-corrected chi connectivity index (χ3v) is 3.57. The van der Waals surface area contributed by atoms with Gasteiger partial charge in [0.25, 0.3) is 0 Å². The lowest BCUT2D eigenvalue weighted by molar-refractivity contribution is -0.139. The van der Waals surface area contributed by atoms with Gasteiger partial charge >= 0.3 is 5.97 Å². The van der Waals surface area contributed by atoms with Crippen LogP contribution in [0.25, 0.3) is 0 Å². The number of rotatable bonds is 6. The van der Waals surface area contributed by atoms with Gasteiger partial charge in [-0.3, -0.25) is 14.5 Å². The first-order chi connectivity index (χ1) is 9.67. The Morgan fingerprint density at radius 1 is 1.15 bits per heavy atom. The van der Waals surface area contributed by atoms with Gasteiger partial charge in [0.1, 0.15) is 0 Å². The largest absolute Gasteiger partial charge is 0.469 e. The number of Topliss-reactive ketones (excluding diaryl/α,β-unsaturated/α-hetero) is 1. The average Bonchev–Trinajstić information content (AvgIpc) is 2.91. The van der Waals surface area contributed by atoms with Gasteiger partial charge in [0.05, 0.1) is 20.1 Å². The van der Waals surface area contributed by atoms with Gasteiger partial charge in [0.15, 0.2) is 5.78 Å². The molecule has 1 aromatic carbocycles. The summed E-state index contributed by atoms with van der Waals surface area (Å²) in [6.45, 7) is 2.61. The maximum Gasteiger partial charge on any atom is 0.309 e. The number of esters is 1. The molecule has 0 atom stereocenters. The lowest BCUT2D eigenvalue weighted by atomic mass is 10.0. The van der Waals surface area contributed by atoms with E-state index in [0.29, 0.717) is 13.0 Å². The highest BCUT2D eigenvalue weighted by molar-refractivity contribution is 5.83. The van der Waals surface area contributed by atoms with Gasteiger partial charge in [-0.05, 0) is 37.1 Å². The molecule has 0 radical (unpaired) electrons. The smallest absolute Gasteiger partial charge is 0.309 e. The van der Waals surface area contributed by atoms with Gasteiger partial charge in [-0.15, -0.1) is 0 Å². The number of hydrogen-bond donors (Lipinski definition) is 0. The second-order valence-electron chi connectivity index (χ2n) is 5.27. The molecule has 0 aromatic heterocycles. The highest BCUT2D eigenvalue weighted by Gasteiger charge is 2.15. The molecule has 0 saturated carbocycles. The minimum atomic E-state index is -0.259. The van der Waals surface area contributed by atoms with Crippen LogP contribution in [0.5, 0.6) is 0 Å². The van der Waals surface area contributed by atoms with Crippen LogP contribution >= 0.6 is 0 Å². The van der Waals surface area contributed by atoms with E-state index in [9.17, 15) is 9.59 Å². The topological polar surface area (TPSA) is 46.6 Å². The van der Waals surface area contributed by atoms with Gasteiger partial charge in [-0.25, -0.2) is 0 Å². The fourth-order valence-corrected chi connectivity index (χ4v) is 2.56. The molecule has 0 N–H and O–H groups in total. The van der Waals surface area contributed by atoms with Crippen LogP contribution in [-0.4, -0.2) is 43.4 Å². The molecule has 20 heavy (non-hydrogen) atoms. The van der Waals surface area contributed by atoms with Crippen LogP contribution in [0, 0.1) is 0 Å². The maximum absolute atomic E-state index is 12.0. The van der Waals surface area contributed by atoms with Gasteiger partial charge < -0.3 is 4.74 Å². The van der Waals surface area contributed by atoms with E-state index in [0.717, 1.165) is 24.2 Å². The average molecular weight is 275 g/mol. The van der Waals surface area contributed by atoms with E-state index in [1.165, 1.54) is 20.0 Å². The van der Waals surface area contributed by atoms with E-state index in [2.05, 4.69) is 9.64 Å². The van der Waals surface area contributed by atoms with Gasteiger partial charge in [-0.1, -0.05) is 24.3 Å². The van der Waals surface area contributed by atoms with Crippen molar-refractivity contribution in [3.8, 4) is 0 Å². The van der Waals surface area contributed by atoms with Crippen LogP contribution in [0.15, 0.2) is 24.3 Å². The summed E-state index contributed by atoms with van der Waals surface area (Å²) in [5, 5.41) is 0. The molecule has 4 nitrogen and oxygen atoms in total. The maximum atomic E-state index is 12.0. The summed E-state index contributed by atoms with van der Waals surface area (Å²) in [5.74, 6) is -0.0207. The summed E-state index contributed by atoms with van der Waals surface area (Å²) in [6.07, 6.45) is 3.08. The molecule has 0 bridgehead atoms. The zero-order valence-electron chi connectivity index (χ0n) is 11.9. The number of ether oxygens (including phenoxy) is 1. The Kier molecular flexibility index (Phi) is 5.30. The van der Waals surface area contributed by atoms with Crippen molar-refractivity contribution in [2.75, 3.05) is 26.7 Å². The Morgan fingerprint density at radius 2 is 1.80 bits per heavy atom. The molecule has 2 rings (SSSR count). The van der Waals surface area contributed by atoms with Crippen LogP contribution in [0.1, 0.15) is 24.0 Å². The number of ketones is 1. The molecule has 0 unspecified atom stereocenters. The summed E-state index contributed by atoms with van der Waals surface area (Å²) < 4.78 is 4.65. The molecule has 1 aliphatic heterocycles. The number of benzene rings is 1. The number of nitrogens with zero attached hydrogens (tertiary/aromatic N) is 1. The van der Waals surface area contributed by atoms with Crippen LogP contribution in [-0.2, 0) is 27.2 Å². The first-order valence-electron chi connectivity index (χ1n) is 7.06. The molecule has 4 heteroatoms. The lowest BCUT2D eigenvalue weighted by Crippen LogP contribution is -2.27. The molecule has 1 saturated heterocycles. The van der Waals surface area contributed by atoms with Crippen LogP contribution in [0.4, 0.5) is 0 Å². The second kappa shape index (κ2) is 7.20. The Bertz CT molecular complexity index is 478. The first kappa shape index (κ1) is 14.7. The number of carbonyl (C=O) groups is 2. The normalized spacial score (nSPS) is 15.2. The molecule has 0 aliphatic carbocycles. The van der Waals surface area contributed by atoms with Crippen molar-refractivity contribution in [2.45, 2.75) is 25.7 Å². The molecule has 1 fully saturated rings. The monoisotopic (exact) mass is 275 g/mol. The first-order valence-corrected chi connectivity index (χ1v) is 7.06. The van der Waals surface area contributed by atoms with Crippen LogP contribution < -0.4 is 0 Å². The van der Waals surface area contributed by atoms with Gasteiger partial charge in [0, 0.05) is 6.42 Å². The minimum Gasteiger partial charge on any atom is -0.469 e. The fourth-order valence-electron chi connectivity index (χ4n) is 2.56. The molecular weight excluding hydrogens is 254 g/mol. The Morgan fingerprint density at radius 3 is 2.45 bits per heavy atom. The Labute approximate surface area is 119 Å². The van der Waals surface area contributed by atoms with E-state index in [-0.39, 0.29) is 18.2 Å². The number of likely N-dealkylation sites (tertiary alicyclic amines) is 1. The van der Waals surface area contributed by atoms with Crippen molar-refractivity contribution < 1.29 is 14.3 Å². The van der Waals surface area contributed by atoms with Crippen molar-refractivity contribution >= 4 is 11.8 Å². The standard InChI is InChI=1S/C16H21NO3/c1-20-16(19)11-14-6-4-5-13(9-14)10-15(18)12-17-7-2-3-8-17/h4-6,9H,2-3,7-8,10-12H2,1H3. The quantitative estimate of drug-likeness (QED) is 0.740. The third kappa shape index (κ3) is 4.46. The van der Waals surface area contributed by atoms with Crippen LogP contribution in [0.3, 0.4) is 0 Å². The highest BCUT2D eigenvalue weighted by Crippen LogP contribution is 2.10. The summed E-state index contributed by atoms with van der Waals surface area (Å²) in [7, 11) is 1.38. The van der Waals surface area contributed by atoms with Crippen molar-refractivity contribution in [3.63, 3.8) is 0 Å². The van der Waals surface area contributed by atoms with Crippen molar-refractivity contribution in [1.29, 1.82) is 0 Å². The van der Waals surface area contributed by atoms with Gasteiger partial charge in [0.2, 0.25) is 0 Å². The predicted octanol–water partition coefficient (Wildman–Crippen LogP) is 1.61. The van der Waals surface area contributed by atoms with Crippen LogP contribution in [0.2, 0.25) is 0 Å². The zero-order valence-corrected chi connectivity index (χ0v) is 11.9. The molecule has 1 aliphatic rings. The summed E-state index contributed by atoms with van der Waals surface area (Å²) >= 11 is 0. The molecule has 108 valence electrons. The summed E-state index contributed by atoms with van der Waals surface area (Å²) in [4.78, 5) is 25.5. The number of hydrogen-bond acceptors (Lipinski definition) is 4. The molecule has 1 heterocycles. The molecular formula is C16H21NO3. The van der Waals surface area contributed by atoms with Crippen molar-refractivity contribution in [2.24, 2.45) is 0 Å². The van der Waals surface area contributed by atoms with E-state index in [1.54, 1.807) is 0 Å². The minimum absolute atomic E-state index is 0.238. The third-order valence-electron chi connectivity index (χ3n) is 3.57. The van der Waals surface area contributed by atoms with E-state index < -0.39 is 0 Å². The van der Waals surface area contributed by atoms with E-state index >= 15 is 0 Å². The number of carbonyl (C=O) groups excluding carboxylic acids is 2. The lowest BCUT2D eigenvalue weighted by Gasteiger charge is -2.13. The Hall–Kier alpha value is -1.68. The van der Waals surface area contributed by atoms with E-state index in [4.69, 9.17) is 0 Å².